The summed E-state index contributed by atoms with van der Waals surface area (Å²) in [7, 11) is 0. The van der Waals surface area contributed by atoms with Crippen molar-refractivity contribution in [2.45, 2.75) is 38.5 Å². The molecule has 0 unspecified atom stereocenters. The summed E-state index contributed by atoms with van der Waals surface area (Å²) in [6.07, 6.45) is 0.332. The van der Waals surface area contributed by atoms with Crippen molar-refractivity contribution in [3.8, 4) is 5.75 Å². The summed E-state index contributed by atoms with van der Waals surface area (Å²) < 4.78 is 39.8. The van der Waals surface area contributed by atoms with Crippen LogP contribution in [0.25, 0.3) is 0 Å². The lowest BCUT2D eigenvalue weighted by molar-refractivity contribution is -0.274. The molecule has 1 rings (SSSR count). The molecule has 0 saturated carbocycles. The molecule has 1 aromatic rings. The molecule has 0 radical (unpaired) electrons. The number of amides is 1. The molecule has 0 heterocycles. The fourth-order valence-corrected chi connectivity index (χ4v) is 1.91. The van der Waals surface area contributed by atoms with Gasteiger partial charge in [0, 0.05) is 12.1 Å². The van der Waals surface area contributed by atoms with Crippen molar-refractivity contribution in [1.29, 1.82) is 0 Å². The number of nitrogens with two attached hydrogens (primary N) is 1. The minimum atomic E-state index is -4.73. The zero-order chi connectivity index (χ0) is 16.4. The summed E-state index contributed by atoms with van der Waals surface area (Å²) >= 11 is 0. The van der Waals surface area contributed by atoms with Crippen LogP contribution in [0, 0.1) is 0 Å². The Bertz CT molecular complexity index is 453. The Kier molecular flexibility index (Phi) is 10.4. The van der Waals surface area contributed by atoms with E-state index in [1.807, 2.05) is 0 Å². The molecule has 1 amide bonds. The standard InChI is InChI=1S/C15H21F3N2O2.ClH/c16-15(17,18)22-13-8-6-12(7-9-13)14(21)20-11-5-3-1-2-4-10-19;/h6-9H,1-5,10-11,19H2,(H,20,21);1H. The average molecular weight is 355 g/mol. The van der Waals surface area contributed by atoms with Crippen LogP contribution in [0.2, 0.25) is 0 Å². The van der Waals surface area contributed by atoms with E-state index >= 15 is 0 Å². The van der Waals surface area contributed by atoms with E-state index in [1.165, 1.54) is 12.1 Å². The minimum absolute atomic E-state index is 0. The molecule has 4 nitrogen and oxygen atoms in total. The molecule has 0 aliphatic rings. The lowest BCUT2D eigenvalue weighted by atomic mass is 10.1. The summed E-state index contributed by atoms with van der Waals surface area (Å²) in [5.74, 6) is -0.649. The van der Waals surface area contributed by atoms with Crippen LogP contribution in [0.4, 0.5) is 13.2 Å². The van der Waals surface area contributed by atoms with Gasteiger partial charge in [0.2, 0.25) is 0 Å². The Hall–Kier alpha value is -1.47. The number of nitrogens with one attached hydrogen (secondary N) is 1. The smallest absolute Gasteiger partial charge is 0.406 e. The first kappa shape index (κ1) is 21.5. The van der Waals surface area contributed by atoms with Gasteiger partial charge in [-0.15, -0.1) is 25.6 Å². The molecule has 0 aromatic heterocycles. The van der Waals surface area contributed by atoms with Gasteiger partial charge in [0.1, 0.15) is 5.75 Å². The molecule has 3 N–H and O–H groups in total. The van der Waals surface area contributed by atoms with Crippen molar-refractivity contribution < 1.29 is 22.7 Å². The van der Waals surface area contributed by atoms with Crippen LogP contribution < -0.4 is 15.8 Å². The van der Waals surface area contributed by atoms with Crippen molar-refractivity contribution in [3.63, 3.8) is 0 Å². The lowest BCUT2D eigenvalue weighted by Gasteiger charge is -2.09. The zero-order valence-corrected chi connectivity index (χ0v) is 13.5. The SMILES string of the molecule is Cl.NCCCCCCCNC(=O)c1ccc(OC(F)(F)F)cc1. The Morgan fingerprint density at radius 1 is 1.04 bits per heavy atom. The number of carbonyl (C=O) groups excluding carboxylic acids is 1. The molecule has 0 spiro atoms. The van der Waals surface area contributed by atoms with E-state index in [0.717, 1.165) is 44.2 Å². The maximum atomic E-state index is 12.0. The van der Waals surface area contributed by atoms with Crippen LogP contribution in [0.3, 0.4) is 0 Å². The molecular formula is C15H22ClF3N2O2. The first-order valence-electron chi connectivity index (χ1n) is 7.26. The van der Waals surface area contributed by atoms with Gasteiger partial charge in [-0.25, -0.2) is 0 Å². The number of halogens is 4. The van der Waals surface area contributed by atoms with Crippen LogP contribution >= 0.6 is 12.4 Å². The second-order valence-corrected chi connectivity index (χ2v) is 4.88. The predicted octanol–water partition coefficient (Wildman–Crippen LogP) is 3.65. The third-order valence-corrected chi connectivity index (χ3v) is 3.02. The number of alkyl halides is 3. The second-order valence-electron chi connectivity index (χ2n) is 4.88. The van der Waals surface area contributed by atoms with Gasteiger partial charge in [-0.05, 0) is 43.7 Å². The molecule has 8 heteroatoms. The van der Waals surface area contributed by atoms with Crippen molar-refractivity contribution in [3.05, 3.63) is 29.8 Å². The van der Waals surface area contributed by atoms with Crippen LogP contribution in [-0.2, 0) is 0 Å². The Morgan fingerprint density at radius 2 is 1.61 bits per heavy atom. The molecule has 132 valence electrons. The average Bonchev–Trinajstić information content (AvgIpc) is 2.45. The molecule has 0 atom stereocenters. The molecule has 23 heavy (non-hydrogen) atoms. The highest BCUT2D eigenvalue weighted by Crippen LogP contribution is 2.22. The van der Waals surface area contributed by atoms with Gasteiger partial charge in [0.15, 0.2) is 0 Å². The van der Waals surface area contributed by atoms with Crippen molar-refractivity contribution in [1.82, 2.24) is 5.32 Å². The van der Waals surface area contributed by atoms with Gasteiger partial charge in [0.05, 0.1) is 0 Å². The molecular weight excluding hydrogens is 333 g/mol. The van der Waals surface area contributed by atoms with Crippen LogP contribution in [0.1, 0.15) is 42.5 Å². The van der Waals surface area contributed by atoms with E-state index in [-0.39, 0.29) is 24.1 Å². The van der Waals surface area contributed by atoms with E-state index in [1.54, 1.807) is 0 Å². The Balaban J connectivity index is 0.00000484. The summed E-state index contributed by atoms with van der Waals surface area (Å²) in [4.78, 5) is 11.8. The van der Waals surface area contributed by atoms with E-state index in [2.05, 4.69) is 10.1 Å². The second kappa shape index (κ2) is 11.1. The highest BCUT2D eigenvalue weighted by Gasteiger charge is 2.31. The van der Waals surface area contributed by atoms with E-state index in [9.17, 15) is 18.0 Å². The Morgan fingerprint density at radius 3 is 2.17 bits per heavy atom. The molecule has 0 saturated heterocycles. The third kappa shape index (κ3) is 10.0. The van der Waals surface area contributed by atoms with Crippen molar-refractivity contribution >= 4 is 18.3 Å². The van der Waals surface area contributed by atoms with Gasteiger partial charge >= 0.3 is 6.36 Å². The number of rotatable bonds is 9. The summed E-state index contributed by atoms with van der Waals surface area (Å²) in [6.45, 7) is 1.24. The quantitative estimate of drug-likeness (QED) is 0.665. The first-order chi connectivity index (χ1) is 10.4. The fraction of sp³-hybridized carbons (Fsp3) is 0.533. The number of unbranched alkanes of at least 4 members (excludes halogenated alkanes) is 4. The molecule has 0 fully saturated rings. The number of benzene rings is 1. The van der Waals surface area contributed by atoms with Gasteiger partial charge in [-0.3, -0.25) is 4.79 Å². The summed E-state index contributed by atoms with van der Waals surface area (Å²) in [5, 5.41) is 2.73. The summed E-state index contributed by atoms with van der Waals surface area (Å²) in [5.41, 5.74) is 5.69. The van der Waals surface area contributed by atoms with Gasteiger partial charge in [-0.1, -0.05) is 19.3 Å². The number of carbonyl (C=O) groups is 1. The highest BCUT2D eigenvalue weighted by atomic mass is 35.5. The van der Waals surface area contributed by atoms with Crippen molar-refractivity contribution in [2.24, 2.45) is 5.73 Å². The lowest BCUT2D eigenvalue weighted by Crippen LogP contribution is -2.24. The van der Waals surface area contributed by atoms with Crippen LogP contribution in [0.5, 0.6) is 5.75 Å². The third-order valence-electron chi connectivity index (χ3n) is 3.02. The molecule has 0 aliphatic heterocycles. The molecule has 0 aliphatic carbocycles. The van der Waals surface area contributed by atoms with E-state index in [0.29, 0.717) is 18.7 Å². The van der Waals surface area contributed by atoms with Gasteiger partial charge in [0.25, 0.3) is 5.91 Å². The van der Waals surface area contributed by atoms with E-state index < -0.39 is 6.36 Å². The Labute approximate surface area is 140 Å². The fourth-order valence-electron chi connectivity index (χ4n) is 1.91. The van der Waals surface area contributed by atoms with Crippen LogP contribution in [-0.4, -0.2) is 25.4 Å². The maximum Gasteiger partial charge on any atom is 0.573 e. The number of hydrogen-bond acceptors (Lipinski definition) is 3. The highest BCUT2D eigenvalue weighted by molar-refractivity contribution is 5.94. The predicted molar refractivity (Wildman–Crippen MR) is 84.8 cm³/mol. The van der Waals surface area contributed by atoms with Crippen LogP contribution in [0.15, 0.2) is 24.3 Å². The number of hydrogen-bond donors (Lipinski definition) is 2. The largest absolute Gasteiger partial charge is 0.573 e. The molecule has 1 aromatic carbocycles. The van der Waals surface area contributed by atoms with E-state index in [4.69, 9.17) is 5.73 Å². The van der Waals surface area contributed by atoms with Crippen molar-refractivity contribution in [2.75, 3.05) is 13.1 Å². The molecule has 0 bridgehead atoms. The number of ether oxygens (including phenoxy) is 1. The first-order valence-corrected chi connectivity index (χ1v) is 7.26. The maximum absolute atomic E-state index is 12.0. The normalized spacial score (nSPS) is 10.8. The van der Waals surface area contributed by atoms with Gasteiger partial charge < -0.3 is 15.8 Å². The zero-order valence-electron chi connectivity index (χ0n) is 12.7. The summed E-state index contributed by atoms with van der Waals surface area (Å²) in [6, 6.07) is 4.85. The topological polar surface area (TPSA) is 64.3 Å². The van der Waals surface area contributed by atoms with Gasteiger partial charge in [-0.2, -0.15) is 0 Å². The monoisotopic (exact) mass is 354 g/mol. The minimum Gasteiger partial charge on any atom is -0.406 e.